The van der Waals surface area contributed by atoms with Gasteiger partial charge in [0.1, 0.15) is 6.10 Å². The molecule has 0 bridgehead atoms. The Morgan fingerprint density at radius 2 is 2.31 bits per heavy atom. The fraction of sp³-hybridized carbons (Fsp3) is 0.444. The van der Waals surface area contributed by atoms with Gasteiger partial charge < -0.3 is 14.9 Å². The summed E-state index contributed by atoms with van der Waals surface area (Å²) in [4.78, 5) is 24.3. The molecular weight excluding hydrogens is 216 g/mol. The van der Waals surface area contributed by atoms with Crippen molar-refractivity contribution in [2.45, 2.75) is 18.6 Å². The van der Waals surface area contributed by atoms with Crippen molar-refractivity contribution in [2.24, 2.45) is 0 Å². The van der Waals surface area contributed by atoms with Gasteiger partial charge in [0.05, 0.1) is 12.7 Å². The molecule has 0 aliphatic carbocycles. The van der Waals surface area contributed by atoms with Crippen molar-refractivity contribution in [1.29, 1.82) is 0 Å². The predicted octanol–water partition coefficient (Wildman–Crippen LogP) is -1.98. The van der Waals surface area contributed by atoms with Crippen LogP contribution in [-0.4, -0.2) is 38.6 Å². The molecule has 3 N–H and O–H groups in total. The first-order valence-electron chi connectivity index (χ1n) is 4.75. The monoisotopic (exact) mass is 227 g/mol. The van der Waals surface area contributed by atoms with Crippen molar-refractivity contribution >= 4 is 0 Å². The van der Waals surface area contributed by atoms with E-state index in [9.17, 15) is 14.7 Å². The Morgan fingerprint density at radius 3 is 2.88 bits per heavy atom. The molecule has 2 rings (SSSR count). The maximum absolute atomic E-state index is 11.4. The first-order chi connectivity index (χ1) is 7.61. The standard InChI is InChI=1S/C9H11N2O5/c12-4-6-5(13)3-8(16-6)11-2-1-7(14)10-9(11)15/h1-2,5-6,12-13H,3-4H2,(H,10,14,15)/t5-,6+/m0/s1. The van der Waals surface area contributed by atoms with Gasteiger partial charge in [0.15, 0.2) is 6.23 Å². The zero-order valence-electron chi connectivity index (χ0n) is 8.29. The molecule has 1 radical (unpaired) electrons. The molecule has 0 spiro atoms. The summed E-state index contributed by atoms with van der Waals surface area (Å²) in [5, 5.41) is 18.3. The van der Waals surface area contributed by atoms with Gasteiger partial charge in [0, 0.05) is 18.7 Å². The molecule has 1 saturated heterocycles. The molecule has 0 amide bonds. The van der Waals surface area contributed by atoms with Crippen LogP contribution < -0.4 is 11.2 Å². The molecule has 7 nitrogen and oxygen atoms in total. The smallest absolute Gasteiger partial charge is 0.330 e. The molecule has 1 aliphatic rings. The number of H-pyrrole nitrogens is 1. The third-order valence-corrected chi connectivity index (χ3v) is 2.37. The van der Waals surface area contributed by atoms with E-state index in [2.05, 4.69) is 4.98 Å². The Labute approximate surface area is 89.9 Å². The molecule has 2 atom stereocenters. The Balaban J connectivity index is 2.27. The number of nitrogens with zero attached hydrogens (tertiary/aromatic N) is 1. The van der Waals surface area contributed by atoms with Crippen molar-refractivity contribution in [2.75, 3.05) is 6.61 Å². The number of aromatic nitrogens is 2. The second-order valence-electron chi connectivity index (χ2n) is 3.48. The highest BCUT2D eigenvalue weighted by molar-refractivity contribution is 4.99. The zero-order valence-corrected chi connectivity index (χ0v) is 8.29. The predicted molar refractivity (Wildman–Crippen MR) is 52.5 cm³/mol. The minimum Gasteiger partial charge on any atom is -0.394 e. The van der Waals surface area contributed by atoms with E-state index in [1.165, 1.54) is 12.3 Å². The summed E-state index contributed by atoms with van der Waals surface area (Å²) in [7, 11) is 0. The molecule has 0 aromatic carbocycles. The van der Waals surface area contributed by atoms with Crippen molar-refractivity contribution in [3.63, 3.8) is 0 Å². The summed E-state index contributed by atoms with van der Waals surface area (Å²) >= 11 is 0. The molecule has 2 heterocycles. The van der Waals surface area contributed by atoms with E-state index >= 15 is 0 Å². The lowest BCUT2D eigenvalue weighted by atomic mass is 10.2. The second-order valence-corrected chi connectivity index (χ2v) is 3.48. The summed E-state index contributed by atoms with van der Waals surface area (Å²) in [5.74, 6) is 0. The van der Waals surface area contributed by atoms with Crippen LogP contribution in [0.4, 0.5) is 0 Å². The minimum absolute atomic E-state index is 0.122. The third-order valence-electron chi connectivity index (χ3n) is 2.37. The third kappa shape index (κ3) is 1.92. The number of aromatic amines is 1. The van der Waals surface area contributed by atoms with E-state index in [0.29, 0.717) is 0 Å². The maximum atomic E-state index is 11.4. The van der Waals surface area contributed by atoms with Crippen molar-refractivity contribution in [3.8, 4) is 0 Å². The number of hydrogen-bond donors (Lipinski definition) is 3. The second kappa shape index (κ2) is 4.20. The summed E-state index contributed by atoms with van der Waals surface area (Å²) in [6, 6.07) is 1.18. The summed E-state index contributed by atoms with van der Waals surface area (Å²) in [6.45, 7) is -0.331. The number of hydrogen-bond acceptors (Lipinski definition) is 5. The number of aliphatic hydroxyl groups is 2. The molecule has 0 unspecified atom stereocenters. The Hall–Kier alpha value is -1.44. The summed E-state index contributed by atoms with van der Waals surface area (Å²) in [5.41, 5.74) is -1.13. The van der Waals surface area contributed by atoms with Crippen LogP contribution in [0.25, 0.3) is 0 Å². The quantitative estimate of drug-likeness (QED) is 0.543. The van der Waals surface area contributed by atoms with Gasteiger partial charge in [-0.1, -0.05) is 0 Å². The molecule has 1 aromatic heterocycles. The van der Waals surface area contributed by atoms with Crippen LogP contribution >= 0.6 is 0 Å². The van der Waals surface area contributed by atoms with Crippen LogP contribution in [0, 0.1) is 6.23 Å². The lowest BCUT2D eigenvalue weighted by Crippen LogP contribution is -2.32. The van der Waals surface area contributed by atoms with Gasteiger partial charge in [-0.15, -0.1) is 0 Å². The lowest BCUT2D eigenvalue weighted by molar-refractivity contribution is 0.000733. The van der Waals surface area contributed by atoms with E-state index in [4.69, 9.17) is 9.84 Å². The zero-order chi connectivity index (χ0) is 11.7. The molecule has 0 saturated carbocycles. The van der Waals surface area contributed by atoms with Gasteiger partial charge in [0.2, 0.25) is 0 Å². The maximum Gasteiger partial charge on any atom is 0.330 e. The van der Waals surface area contributed by atoms with E-state index in [0.717, 1.165) is 4.57 Å². The molecule has 16 heavy (non-hydrogen) atoms. The Bertz CT molecular complexity index is 479. The normalized spacial score (nSPS) is 26.1. The number of nitrogens with one attached hydrogen (secondary N) is 1. The van der Waals surface area contributed by atoms with Gasteiger partial charge in [-0.3, -0.25) is 14.3 Å². The first-order valence-corrected chi connectivity index (χ1v) is 4.75. The van der Waals surface area contributed by atoms with Crippen LogP contribution in [0.5, 0.6) is 0 Å². The Kier molecular flexibility index (Phi) is 2.90. The van der Waals surface area contributed by atoms with Crippen LogP contribution in [0.1, 0.15) is 6.42 Å². The number of rotatable bonds is 2. The molecule has 1 aliphatic heterocycles. The molecule has 7 heteroatoms. The highest BCUT2D eigenvalue weighted by atomic mass is 16.5. The lowest BCUT2D eigenvalue weighted by Gasteiger charge is -2.12. The molecule has 1 fully saturated rings. The molecular formula is C9H11N2O5. The van der Waals surface area contributed by atoms with Crippen molar-refractivity contribution in [1.82, 2.24) is 9.55 Å². The average molecular weight is 227 g/mol. The van der Waals surface area contributed by atoms with Crippen LogP contribution in [0.3, 0.4) is 0 Å². The topological polar surface area (TPSA) is 105 Å². The summed E-state index contributed by atoms with van der Waals surface area (Å²) in [6.07, 6.45) is 0.0284. The molecule has 1 aromatic rings. The molecule has 87 valence electrons. The van der Waals surface area contributed by atoms with Gasteiger partial charge in [-0.25, -0.2) is 4.79 Å². The van der Waals surface area contributed by atoms with Gasteiger partial charge in [-0.2, -0.15) is 0 Å². The number of aliphatic hydroxyl groups excluding tert-OH is 2. The van der Waals surface area contributed by atoms with Crippen molar-refractivity contribution < 1.29 is 14.9 Å². The fourth-order valence-corrected chi connectivity index (χ4v) is 1.54. The summed E-state index contributed by atoms with van der Waals surface area (Å²) < 4.78 is 6.28. The van der Waals surface area contributed by atoms with E-state index in [1.807, 2.05) is 0 Å². The number of ether oxygens (including phenoxy) is 1. The SMILES string of the molecule is O=c1ccn([C]2C[C@H](O)[C@@H](CO)O2)c(=O)[nH]1. The van der Waals surface area contributed by atoms with Gasteiger partial charge >= 0.3 is 5.69 Å². The largest absolute Gasteiger partial charge is 0.394 e. The van der Waals surface area contributed by atoms with E-state index < -0.39 is 23.5 Å². The highest BCUT2D eigenvalue weighted by Crippen LogP contribution is 2.25. The van der Waals surface area contributed by atoms with Crippen LogP contribution in [0.2, 0.25) is 0 Å². The van der Waals surface area contributed by atoms with Crippen molar-refractivity contribution in [3.05, 3.63) is 39.3 Å². The first kappa shape index (κ1) is 11.1. The minimum atomic E-state index is -0.848. The fourth-order valence-electron chi connectivity index (χ4n) is 1.54. The van der Waals surface area contributed by atoms with E-state index in [-0.39, 0.29) is 19.3 Å². The van der Waals surface area contributed by atoms with E-state index in [1.54, 1.807) is 0 Å². The Morgan fingerprint density at radius 1 is 1.56 bits per heavy atom. The average Bonchev–Trinajstić information content (AvgIpc) is 2.59. The van der Waals surface area contributed by atoms with Crippen LogP contribution in [0.15, 0.2) is 21.9 Å². The highest BCUT2D eigenvalue weighted by Gasteiger charge is 2.36. The van der Waals surface area contributed by atoms with Crippen LogP contribution in [-0.2, 0) is 4.74 Å². The van der Waals surface area contributed by atoms with Gasteiger partial charge in [-0.05, 0) is 0 Å². The van der Waals surface area contributed by atoms with Gasteiger partial charge in [0.25, 0.3) is 5.56 Å².